The first-order valence-electron chi connectivity index (χ1n) is 5.56. The van der Waals surface area contributed by atoms with Gasteiger partial charge in [0.15, 0.2) is 6.61 Å². The Balaban J connectivity index is 2.86. The zero-order valence-electron chi connectivity index (χ0n) is 10.3. The summed E-state index contributed by atoms with van der Waals surface area (Å²) in [6, 6.07) is 3.12. The number of carbonyl (C=O) groups excluding carboxylic acids is 1. The van der Waals surface area contributed by atoms with Crippen LogP contribution in [0, 0.1) is 0 Å². The maximum atomic E-state index is 12.6. The standard InChI is InChI=1S/C12H14F3NO3/c1-2-18-11(17)7-19-10-4-8(6-16)3-9(5-10)12(13,14)15/h3-5H,2,6-7,16H2,1H3. The van der Waals surface area contributed by atoms with Crippen molar-refractivity contribution in [3.63, 3.8) is 0 Å². The molecule has 7 heteroatoms. The maximum absolute atomic E-state index is 12.6. The Labute approximate surface area is 108 Å². The van der Waals surface area contributed by atoms with E-state index in [1.54, 1.807) is 6.92 Å². The molecule has 0 bridgehead atoms. The van der Waals surface area contributed by atoms with Gasteiger partial charge in [-0.25, -0.2) is 4.79 Å². The average Bonchev–Trinajstić information content (AvgIpc) is 2.35. The van der Waals surface area contributed by atoms with Crippen molar-refractivity contribution in [3.8, 4) is 5.75 Å². The maximum Gasteiger partial charge on any atom is 0.416 e. The number of esters is 1. The molecule has 1 aromatic rings. The Morgan fingerprint density at radius 2 is 2.00 bits per heavy atom. The van der Waals surface area contributed by atoms with Crippen molar-refractivity contribution in [2.75, 3.05) is 13.2 Å². The molecule has 19 heavy (non-hydrogen) atoms. The summed E-state index contributed by atoms with van der Waals surface area (Å²) in [5.41, 5.74) is 4.73. The van der Waals surface area contributed by atoms with Crippen molar-refractivity contribution in [3.05, 3.63) is 29.3 Å². The molecule has 0 saturated carbocycles. The predicted octanol–water partition coefficient (Wildman–Crippen LogP) is 2.11. The molecular formula is C12H14F3NO3. The molecular weight excluding hydrogens is 263 g/mol. The van der Waals surface area contributed by atoms with E-state index in [1.165, 1.54) is 6.07 Å². The van der Waals surface area contributed by atoms with E-state index in [9.17, 15) is 18.0 Å². The highest BCUT2D eigenvalue weighted by Gasteiger charge is 2.31. The van der Waals surface area contributed by atoms with Crippen LogP contribution in [0.15, 0.2) is 18.2 Å². The Morgan fingerprint density at radius 3 is 2.53 bits per heavy atom. The van der Waals surface area contributed by atoms with Gasteiger partial charge in [-0.3, -0.25) is 0 Å². The van der Waals surface area contributed by atoms with Crippen molar-refractivity contribution in [2.45, 2.75) is 19.6 Å². The number of hydrogen-bond donors (Lipinski definition) is 1. The van der Waals surface area contributed by atoms with Gasteiger partial charge in [0, 0.05) is 6.54 Å². The number of carbonyl (C=O) groups is 1. The lowest BCUT2D eigenvalue weighted by Gasteiger charge is -2.12. The van der Waals surface area contributed by atoms with Gasteiger partial charge in [0.25, 0.3) is 0 Å². The quantitative estimate of drug-likeness (QED) is 0.837. The van der Waals surface area contributed by atoms with Crippen LogP contribution >= 0.6 is 0 Å². The second kappa shape index (κ2) is 6.42. The molecule has 1 rings (SSSR count). The van der Waals surface area contributed by atoms with Crippen LogP contribution in [0.4, 0.5) is 13.2 Å². The molecule has 0 aliphatic carbocycles. The van der Waals surface area contributed by atoms with Crippen LogP contribution in [0.25, 0.3) is 0 Å². The van der Waals surface area contributed by atoms with Crippen LogP contribution < -0.4 is 10.5 Å². The van der Waals surface area contributed by atoms with Crippen LogP contribution in [-0.4, -0.2) is 19.2 Å². The molecule has 1 aromatic carbocycles. The van der Waals surface area contributed by atoms with E-state index in [2.05, 4.69) is 4.74 Å². The van der Waals surface area contributed by atoms with Gasteiger partial charge in [-0.15, -0.1) is 0 Å². The lowest BCUT2D eigenvalue weighted by molar-refractivity contribution is -0.145. The van der Waals surface area contributed by atoms with Crippen LogP contribution in [0.1, 0.15) is 18.1 Å². The topological polar surface area (TPSA) is 61.5 Å². The number of benzene rings is 1. The van der Waals surface area contributed by atoms with Gasteiger partial charge >= 0.3 is 12.1 Å². The molecule has 0 aliphatic heterocycles. The van der Waals surface area contributed by atoms with E-state index in [1.807, 2.05) is 0 Å². The summed E-state index contributed by atoms with van der Waals surface area (Å²) in [6.07, 6.45) is -4.49. The number of ether oxygens (including phenoxy) is 2. The molecule has 0 aliphatic rings. The van der Waals surface area contributed by atoms with Crippen molar-refractivity contribution < 1.29 is 27.4 Å². The summed E-state index contributed by atoms with van der Waals surface area (Å²) in [4.78, 5) is 11.1. The lowest BCUT2D eigenvalue weighted by atomic mass is 10.1. The fourth-order valence-electron chi connectivity index (χ4n) is 1.37. The lowest BCUT2D eigenvalue weighted by Crippen LogP contribution is -2.15. The van der Waals surface area contributed by atoms with E-state index in [0.717, 1.165) is 12.1 Å². The Bertz CT molecular complexity index is 446. The highest BCUT2D eigenvalue weighted by Crippen LogP contribution is 2.32. The number of halogens is 3. The number of rotatable bonds is 5. The minimum Gasteiger partial charge on any atom is -0.482 e. The Morgan fingerprint density at radius 1 is 1.32 bits per heavy atom. The van der Waals surface area contributed by atoms with E-state index in [4.69, 9.17) is 10.5 Å². The molecule has 2 N–H and O–H groups in total. The molecule has 0 fully saturated rings. The molecule has 0 radical (unpaired) electrons. The zero-order valence-corrected chi connectivity index (χ0v) is 10.3. The molecule has 4 nitrogen and oxygen atoms in total. The van der Waals surface area contributed by atoms with E-state index >= 15 is 0 Å². The minimum absolute atomic E-state index is 0.0559. The second-order valence-corrected chi connectivity index (χ2v) is 3.66. The van der Waals surface area contributed by atoms with Gasteiger partial charge in [-0.1, -0.05) is 0 Å². The first-order valence-corrected chi connectivity index (χ1v) is 5.56. The smallest absolute Gasteiger partial charge is 0.416 e. The van der Waals surface area contributed by atoms with Crippen molar-refractivity contribution in [2.24, 2.45) is 5.73 Å². The third-order valence-corrected chi connectivity index (χ3v) is 2.19. The normalized spacial score (nSPS) is 11.2. The summed E-state index contributed by atoms with van der Waals surface area (Å²) in [5, 5.41) is 0. The van der Waals surface area contributed by atoms with Crippen LogP contribution in [-0.2, 0) is 22.3 Å². The van der Waals surface area contributed by atoms with Crippen LogP contribution in [0.2, 0.25) is 0 Å². The first kappa shape index (κ1) is 15.3. The van der Waals surface area contributed by atoms with Gasteiger partial charge in [0.1, 0.15) is 5.75 Å². The molecule has 0 aromatic heterocycles. The average molecular weight is 277 g/mol. The Kier molecular flexibility index (Phi) is 5.17. The van der Waals surface area contributed by atoms with Crippen LogP contribution in [0.3, 0.4) is 0 Å². The van der Waals surface area contributed by atoms with Crippen molar-refractivity contribution >= 4 is 5.97 Å². The summed E-state index contributed by atoms with van der Waals surface area (Å²) in [7, 11) is 0. The third-order valence-electron chi connectivity index (χ3n) is 2.19. The summed E-state index contributed by atoms with van der Waals surface area (Å²) < 4.78 is 47.4. The minimum atomic E-state index is -4.49. The molecule has 0 amide bonds. The molecule has 0 spiro atoms. The third kappa shape index (κ3) is 4.78. The Hall–Kier alpha value is -1.76. The monoisotopic (exact) mass is 277 g/mol. The first-order chi connectivity index (χ1) is 8.86. The predicted molar refractivity (Wildman–Crippen MR) is 61.5 cm³/mol. The molecule has 0 saturated heterocycles. The van der Waals surface area contributed by atoms with Gasteiger partial charge < -0.3 is 15.2 Å². The molecule has 0 heterocycles. The van der Waals surface area contributed by atoms with E-state index in [0.29, 0.717) is 0 Å². The number of hydrogen-bond acceptors (Lipinski definition) is 4. The largest absolute Gasteiger partial charge is 0.482 e. The van der Waals surface area contributed by atoms with Crippen LogP contribution in [0.5, 0.6) is 5.75 Å². The van der Waals surface area contributed by atoms with Gasteiger partial charge in [0.2, 0.25) is 0 Å². The van der Waals surface area contributed by atoms with Crippen molar-refractivity contribution in [1.82, 2.24) is 0 Å². The fraction of sp³-hybridized carbons (Fsp3) is 0.417. The second-order valence-electron chi connectivity index (χ2n) is 3.66. The molecule has 0 unspecified atom stereocenters. The number of alkyl halides is 3. The summed E-state index contributed by atoms with van der Waals surface area (Å²) in [5.74, 6) is -0.711. The van der Waals surface area contributed by atoms with Gasteiger partial charge in [-0.2, -0.15) is 13.2 Å². The van der Waals surface area contributed by atoms with E-state index < -0.39 is 24.3 Å². The highest BCUT2D eigenvalue weighted by atomic mass is 19.4. The molecule has 106 valence electrons. The van der Waals surface area contributed by atoms with E-state index in [-0.39, 0.29) is 24.5 Å². The highest BCUT2D eigenvalue weighted by molar-refractivity contribution is 5.71. The van der Waals surface area contributed by atoms with Crippen molar-refractivity contribution in [1.29, 1.82) is 0 Å². The molecule has 0 atom stereocenters. The zero-order chi connectivity index (χ0) is 14.5. The van der Waals surface area contributed by atoms with Gasteiger partial charge in [-0.05, 0) is 30.7 Å². The SMILES string of the molecule is CCOC(=O)COc1cc(CN)cc(C(F)(F)F)c1. The summed E-state index contributed by atoms with van der Waals surface area (Å²) >= 11 is 0. The number of nitrogens with two attached hydrogens (primary N) is 1. The summed E-state index contributed by atoms with van der Waals surface area (Å²) in [6.45, 7) is 1.30. The fourth-order valence-corrected chi connectivity index (χ4v) is 1.37. The van der Waals surface area contributed by atoms with Gasteiger partial charge in [0.05, 0.1) is 12.2 Å².